The van der Waals surface area contributed by atoms with Crippen LogP contribution in [0.3, 0.4) is 0 Å². The Balaban J connectivity index is 1.84. The highest BCUT2D eigenvalue weighted by molar-refractivity contribution is 6.34. The highest BCUT2D eigenvalue weighted by Crippen LogP contribution is 2.26. The first-order chi connectivity index (χ1) is 13.3. The zero-order chi connectivity index (χ0) is 20.3. The van der Waals surface area contributed by atoms with Crippen molar-refractivity contribution in [2.24, 2.45) is 0 Å². The average Bonchev–Trinajstić information content (AvgIpc) is 2.63. The van der Waals surface area contributed by atoms with E-state index in [2.05, 4.69) is 10.6 Å². The molecule has 0 fully saturated rings. The maximum atomic E-state index is 12.8. The van der Waals surface area contributed by atoms with Crippen LogP contribution in [0.15, 0.2) is 60.7 Å². The van der Waals surface area contributed by atoms with Gasteiger partial charge in [0.15, 0.2) is 0 Å². The Morgan fingerprint density at radius 2 is 1.43 bits per heavy atom. The largest absolute Gasteiger partial charge is 0.322 e. The molecule has 3 aromatic carbocycles. The first-order valence-corrected chi connectivity index (χ1v) is 9.28. The molecule has 0 spiro atoms. The van der Waals surface area contributed by atoms with Crippen LogP contribution >= 0.6 is 11.6 Å². The number of rotatable bonds is 4. The molecule has 2 amide bonds. The van der Waals surface area contributed by atoms with Crippen LogP contribution in [0.25, 0.3) is 0 Å². The molecule has 0 bridgehead atoms. The molecule has 0 aliphatic rings. The third-order valence-corrected chi connectivity index (χ3v) is 4.74. The number of hydrogen-bond acceptors (Lipinski definition) is 2. The van der Waals surface area contributed by atoms with Gasteiger partial charge in [0.25, 0.3) is 11.8 Å². The van der Waals surface area contributed by atoms with Gasteiger partial charge in [-0.3, -0.25) is 9.59 Å². The number of hydrogen-bond donors (Lipinski definition) is 2. The lowest BCUT2D eigenvalue weighted by Crippen LogP contribution is -2.17. The first kappa shape index (κ1) is 19.6. The second-order valence-electron chi connectivity index (χ2n) is 6.74. The molecule has 28 heavy (non-hydrogen) atoms. The van der Waals surface area contributed by atoms with Crippen LogP contribution in [0.5, 0.6) is 0 Å². The van der Waals surface area contributed by atoms with E-state index in [1.807, 2.05) is 51.1 Å². The minimum Gasteiger partial charge on any atom is -0.322 e. The predicted octanol–water partition coefficient (Wildman–Crippen LogP) is 5.77. The molecular formula is C23H21ClN2O2. The summed E-state index contributed by atoms with van der Waals surface area (Å²) in [7, 11) is 0. The summed E-state index contributed by atoms with van der Waals surface area (Å²) >= 11 is 6.25. The van der Waals surface area contributed by atoms with E-state index in [-0.39, 0.29) is 11.8 Å². The molecule has 0 unspecified atom stereocenters. The van der Waals surface area contributed by atoms with Crippen LogP contribution in [0.4, 0.5) is 11.4 Å². The Morgan fingerprint density at radius 1 is 0.786 bits per heavy atom. The van der Waals surface area contributed by atoms with Crippen molar-refractivity contribution >= 4 is 34.8 Å². The summed E-state index contributed by atoms with van der Waals surface area (Å²) in [5, 5.41) is 6.02. The lowest BCUT2D eigenvalue weighted by molar-refractivity contribution is 0.101. The van der Waals surface area contributed by atoms with E-state index >= 15 is 0 Å². The van der Waals surface area contributed by atoms with E-state index in [1.54, 1.807) is 30.3 Å². The van der Waals surface area contributed by atoms with Gasteiger partial charge >= 0.3 is 0 Å². The molecule has 0 radical (unpaired) electrons. The molecule has 0 saturated heterocycles. The molecule has 4 nitrogen and oxygen atoms in total. The maximum absolute atomic E-state index is 12.8. The molecule has 2 N–H and O–H groups in total. The van der Waals surface area contributed by atoms with Gasteiger partial charge in [-0.2, -0.15) is 0 Å². The van der Waals surface area contributed by atoms with Crippen LogP contribution in [0.1, 0.15) is 37.4 Å². The minimum atomic E-state index is -0.277. The Hall–Kier alpha value is -3.11. The van der Waals surface area contributed by atoms with Gasteiger partial charge in [0.1, 0.15) is 0 Å². The van der Waals surface area contributed by atoms with E-state index in [9.17, 15) is 9.59 Å². The molecule has 142 valence electrons. The fourth-order valence-electron chi connectivity index (χ4n) is 3.21. The second-order valence-corrected chi connectivity index (χ2v) is 7.15. The van der Waals surface area contributed by atoms with Gasteiger partial charge in [-0.15, -0.1) is 0 Å². The summed E-state index contributed by atoms with van der Waals surface area (Å²) in [6, 6.07) is 17.9. The number of anilines is 2. The number of nitrogens with one attached hydrogen (secondary N) is 2. The van der Waals surface area contributed by atoms with Crippen molar-refractivity contribution in [3.63, 3.8) is 0 Å². The summed E-state index contributed by atoms with van der Waals surface area (Å²) in [6.07, 6.45) is 0. The molecule has 3 rings (SSSR count). The molecule has 0 aromatic heterocycles. The van der Waals surface area contributed by atoms with Crippen LogP contribution in [-0.4, -0.2) is 11.8 Å². The zero-order valence-corrected chi connectivity index (χ0v) is 16.7. The number of halogens is 1. The van der Waals surface area contributed by atoms with Gasteiger partial charge in [-0.25, -0.2) is 0 Å². The lowest BCUT2D eigenvalue weighted by atomic mass is 9.99. The lowest BCUT2D eigenvalue weighted by Gasteiger charge is -2.13. The van der Waals surface area contributed by atoms with Crippen molar-refractivity contribution in [3.8, 4) is 0 Å². The molecular weight excluding hydrogens is 372 g/mol. The number of aryl methyl sites for hydroxylation is 3. The van der Waals surface area contributed by atoms with E-state index in [1.165, 1.54) is 0 Å². The first-order valence-electron chi connectivity index (χ1n) is 8.90. The van der Waals surface area contributed by atoms with Gasteiger partial charge in [-0.1, -0.05) is 47.5 Å². The standard InChI is InChI=1S/C23H21ClN2O2/c1-14-11-15(2)21(16(3)12-14)23(28)26-20-13-17(9-10-19(20)24)22(27)25-18-7-5-4-6-8-18/h4-13H,1-3H3,(H,25,27)(H,26,28). The highest BCUT2D eigenvalue weighted by Gasteiger charge is 2.16. The number of para-hydroxylation sites is 1. The van der Waals surface area contributed by atoms with E-state index in [0.717, 1.165) is 16.7 Å². The van der Waals surface area contributed by atoms with Crippen molar-refractivity contribution in [2.45, 2.75) is 20.8 Å². The number of amides is 2. The number of carbonyl (C=O) groups is 2. The van der Waals surface area contributed by atoms with Crippen molar-refractivity contribution in [2.75, 3.05) is 10.6 Å². The van der Waals surface area contributed by atoms with Crippen molar-refractivity contribution in [3.05, 3.63) is 93.5 Å². The number of benzene rings is 3. The average molecular weight is 393 g/mol. The quantitative estimate of drug-likeness (QED) is 0.592. The van der Waals surface area contributed by atoms with Gasteiger partial charge in [0.2, 0.25) is 0 Å². The van der Waals surface area contributed by atoms with Crippen molar-refractivity contribution in [1.29, 1.82) is 0 Å². The molecule has 0 saturated carbocycles. The minimum absolute atomic E-state index is 0.252. The maximum Gasteiger partial charge on any atom is 0.256 e. The van der Waals surface area contributed by atoms with E-state index in [4.69, 9.17) is 11.6 Å². The summed E-state index contributed by atoms with van der Waals surface area (Å²) < 4.78 is 0. The van der Waals surface area contributed by atoms with Gasteiger partial charge in [-0.05, 0) is 62.2 Å². The Labute approximate surface area is 169 Å². The third-order valence-electron chi connectivity index (χ3n) is 4.41. The van der Waals surface area contributed by atoms with E-state index in [0.29, 0.717) is 27.5 Å². The fourth-order valence-corrected chi connectivity index (χ4v) is 3.37. The number of carbonyl (C=O) groups excluding carboxylic acids is 2. The summed E-state index contributed by atoms with van der Waals surface area (Å²) in [5.41, 5.74) is 4.99. The molecule has 0 aliphatic carbocycles. The zero-order valence-electron chi connectivity index (χ0n) is 16.0. The molecule has 0 aliphatic heterocycles. The van der Waals surface area contributed by atoms with Crippen molar-refractivity contribution in [1.82, 2.24) is 0 Å². The smallest absolute Gasteiger partial charge is 0.256 e. The van der Waals surface area contributed by atoms with Crippen LogP contribution < -0.4 is 10.6 Å². The normalized spacial score (nSPS) is 10.4. The summed E-state index contributed by atoms with van der Waals surface area (Å²) in [5.74, 6) is -0.529. The monoisotopic (exact) mass is 392 g/mol. The fraction of sp³-hybridized carbons (Fsp3) is 0.130. The Kier molecular flexibility index (Phi) is 5.81. The van der Waals surface area contributed by atoms with Crippen LogP contribution in [0.2, 0.25) is 5.02 Å². The molecule has 3 aromatic rings. The molecule has 0 atom stereocenters. The van der Waals surface area contributed by atoms with E-state index < -0.39 is 0 Å². The highest BCUT2D eigenvalue weighted by atomic mass is 35.5. The van der Waals surface area contributed by atoms with Gasteiger partial charge < -0.3 is 10.6 Å². The second kappa shape index (κ2) is 8.28. The SMILES string of the molecule is Cc1cc(C)c(C(=O)Nc2cc(C(=O)Nc3ccccc3)ccc2Cl)c(C)c1. The van der Waals surface area contributed by atoms with Crippen LogP contribution in [-0.2, 0) is 0 Å². The third kappa shape index (κ3) is 4.41. The Morgan fingerprint density at radius 3 is 2.07 bits per heavy atom. The topological polar surface area (TPSA) is 58.2 Å². The van der Waals surface area contributed by atoms with Gasteiger partial charge in [0.05, 0.1) is 10.7 Å². The summed E-state index contributed by atoms with van der Waals surface area (Å²) in [6.45, 7) is 5.80. The van der Waals surface area contributed by atoms with Gasteiger partial charge in [0, 0.05) is 16.8 Å². The Bertz CT molecular complexity index is 1020. The van der Waals surface area contributed by atoms with Crippen LogP contribution in [0, 0.1) is 20.8 Å². The van der Waals surface area contributed by atoms with Crippen molar-refractivity contribution < 1.29 is 9.59 Å². The summed E-state index contributed by atoms with van der Waals surface area (Å²) in [4.78, 5) is 25.3. The predicted molar refractivity (Wildman–Crippen MR) is 114 cm³/mol. The molecule has 0 heterocycles. The molecule has 5 heteroatoms.